The molecule has 2 atom stereocenters. The molecule has 0 aromatic heterocycles. The molecule has 0 rings (SSSR count). The molecule has 0 spiro atoms. The van der Waals surface area contributed by atoms with Crippen LogP contribution >= 0.6 is 0 Å². The molecule has 0 heterocycles. The maximum atomic E-state index is 12.0. The summed E-state index contributed by atoms with van der Waals surface area (Å²) in [6.45, 7) is 8.63. The zero-order chi connectivity index (χ0) is 13.1. The van der Waals surface area contributed by atoms with E-state index in [1.807, 2.05) is 0 Å². The van der Waals surface area contributed by atoms with Crippen LogP contribution in [0.4, 0.5) is 0 Å². The van der Waals surface area contributed by atoms with Crippen molar-refractivity contribution in [2.24, 2.45) is 5.92 Å². The lowest BCUT2D eigenvalue weighted by atomic mass is 9.98. The molecule has 0 saturated heterocycles. The van der Waals surface area contributed by atoms with Crippen LogP contribution < -0.4 is 5.32 Å². The van der Waals surface area contributed by atoms with Gasteiger partial charge in [0.1, 0.15) is 0 Å². The second kappa shape index (κ2) is 10.6. The average Bonchev–Trinajstić information content (AvgIpc) is 2.30. The molecule has 17 heavy (non-hydrogen) atoms. The van der Waals surface area contributed by atoms with Crippen molar-refractivity contribution in [3.8, 4) is 0 Å². The molecule has 0 fully saturated rings. The Bertz CT molecular complexity index is 191. The number of unbranched alkanes of at least 4 members (excludes halogenated alkanes) is 3. The molecule has 1 amide bonds. The number of hydrogen-bond acceptors (Lipinski definition) is 1. The van der Waals surface area contributed by atoms with E-state index in [1.165, 1.54) is 25.7 Å². The molecule has 0 bridgehead atoms. The third kappa shape index (κ3) is 8.23. The van der Waals surface area contributed by atoms with Crippen molar-refractivity contribution < 1.29 is 4.79 Å². The van der Waals surface area contributed by atoms with Crippen LogP contribution in [0.25, 0.3) is 0 Å². The Hall–Kier alpha value is -0.530. The molecular weight excluding hydrogens is 210 g/mol. The lowest BCUT2D eigenvalue weighted by Gasteiger charge is -2.19. The van der Waals surface area contributed by atoms with Crippen molar-refractivity contribution in [1.29, 1.82) is 0 Å². The van der Waals surface area contributed by atoms with Crippen molar-refractivity contribution in [3.05, 3.63) is 0 Å². The SMILES string of the molecule is CCCCCC(C)NC(=O)C(CC)CCCC. The molecule has 2 heteroatoms. The minimum Gasteiger partial charge on any atom is -0.353 e. The van der Waals surface area contributed by atoms with Crippen molar-refractivity contribution in [3.63, 3.8) is 0 Å². The van der Waals surface area contributed by atoms with Gasteiger partial charge in [-0.3, -0.25) is 4.79 Å². The van der Waals surface area contributed by atoms with Gasteiger partial charge in [-0.05, 0) is 26.2 Å². The Balaban J connectivity index is 3.86. The summed E-state index contributed by atoms with van der Waals surface area (Å²) in [4.78, 5) is 12.0. The molecule has 102 valence electrons. The van der Waals surface area contributed by atoms with Gasteiger partial charge in [-0.1, -0.05) is 52.9 Å². The standard InChI is InChI=1S/C15H31NO/c1-5-8-10-11-13(4)16-15(17)14(7-3)12-9-6-2/h13-14H,5-12H2,1-4H3,(H,16,17). The van der Waals surface area contributed by atoms with Gasteiger partial charge in [0.25, 0.3) is 0 Å². The van der Waals surface area contributed by atoms with Gasteiger partial charge in [0, 0.05) is 12.0 Å². The number of rotatable bonds is 10. The highest BCUT2D eigenvalue weighted by molar-refractivity contribution is 5.78. The summed E-state index contributed by atoms with van der Waals surface area (Å²) < 4.78 is 0. The minimum absolute atomic E-state index is 0.226. The average molecular weight is 241 g/mol. The highest BCUT2D eigenvalue weighted by Crippen LogP contribution is 2.13. The van der Waals surface area contributed by atoms with Crippen LogP contribution in [0.3, 0.4) is 0 Å². The quantitative estimate of drug-likeness (QED) is 0.568. The van der Waals surface area contributed by atoms with Crippen LogP contribution in [0.1, 0.15) is 79.1 Å². The first-order valence-corrected chi connectivity index (χ1v) is 7.45. The van der Waals surface area contributed by atoms with Gasteiger partial charge in [0.2, 0.25) is 5.91 Å². The van der Waals surface area contributed by atoms with Crippen molar-refractivity contribution in [2.75, 3.05) is 0 Å². The van der Waals surface area contributed by atoms with Crippen molar-refractivity contribution in [1.82, 2.24) is 5.32 Å². The lowest BCUT2D eigenvalue weighted by molar-refractivity contribution is -0.126. The van der Waals surface area contributed by atoms with Gasteiger partial charge >= 0.3 is 0 Å². The Morgan fingerprint density at radius 1 is 1.00 bits per heavy atom. The third-order valence-corrected chi connectivity index (χ3v) is 3.40. The molecule has 2 unspecified atom stereocenters. The van der Waals surface area contributed by atoms with Crippen LogP contribution in [-0.4, -0.2) is 11.9 Å². The first-order valence-electron chi connectivity index (χ1n) is 7.45. The van der Waals surface area contributed by atoms with E-state index in [0.717, 1.165) is 25.7 Å². The maximum Gasteiger partial charge on any atom is 0.223 e. The normalized spacial score (nSPS) is 14.4. The highest BCUT2D eigenvalue weighted by atomic mass is 16.1. The number of carbonyl (C=O) groups excluding carboxylic acids is 1. The first kappa shape index (κ1) is 16.5. The minimum atomic E-state index is 0.226. The number of hydrogen-bond donors (Lipinski definition) is 1. The molecule has 0 aromatic rings. The second-order valence-corrected chi connectivity index (χ2v) is 5.15. The smallest absolute Gasteiger partial charge is 0.223 e. The summed E-state index contributed by atoms with van der Waals surface area (Å²) in [5, 5.41) is 3.16. The van der Waals surface area contributed by atoms with Crippen molar-refractivity contribution >= 4 is 5.91 Å². The summed E-state index contributed by atoms with van der Waals surface area (Å²) in [6.07, 6.45) is 9.20. The Kier molecular flexibility index (Phi) is 10.3. The Morgan fingerprint density at radius 3 is 2.18 bits per heavy atom. The summed E-state index contributed by atoms with van der Waals surface area (Å²) in [7, 11) is 0. The van der Waals surface area contributed by atoms with Gasteiger partial charge in [-0.2, -0.15) is 0 Å². The first-order chi connectivity index (χ1) is 8.15. The number of amides is 1. The monoisotopic (exact) mass is 241 g/mol. The third-order valence-electron chi connectivity index (χ3n) is 3.40. The zero-order valence-electron chi connectivity index (χ0n) is 12.2. The Morgan fingerprint density at radius 2 is 1.65 bits per heavy atom. The van der Waals surface area contributed by atoms with Gasteiger partial charge < -0.3 is 5.32 Å². The molecule has 1 N–H and O–H groups in total. The topological polar surface area (TPSA) is 29.1 Å². The van der Waals surface area contributed by atoms with E-state index in [-0.39, 0.29) is 11.8 Å². The van der Waals surface area contributed by atoms with Crippen molar-refractivity contribution in [2.45, 2.75) is 85.1 Å². The second-order valence-electron chi connectivity index (χ2n) is 5.15. The molecule has 0 saturated carbocycles. The fourth-order valence-electron chi connectivity index (χ4n) is 2.10. The molecule has 0 radical (unpaired) electrons. The largest absolute Gasteiger partial charge is 0.353 e. The molecule has 0 aliphatic carbocycles. The summed E-state index contributed by atoms with van der Waals surface area (Å²) in [5.41, 5.74) is 0. The van der Waals surface area contributed by atoms with E-state index in [1.54, 1.807) is 0 Å². The fraction of sp³-hybridized carbons (Fsp3) is 0.933. The van der Waals surface area contributed by atoms with Gasteiger partial charge in [-0.25, -0.2) is 0 Å². The molecule has 0 aromatic carbocycles. The van der Waals surface area contributed by atoms with E-state index in [0.29, 0.717) is 6.04 Å². The van der Waals surface area contributed by atoms with E-state index < -0.39 is 0 Å². The van der Waals surface area contributed by atoms with Gasteiger partial charge in [0.15, 0.2) is 0 Å². The van der Waals surface area contributed by atoms with Crippen LogP contribution in [0, 0.1) is 5.92 Å². The van der Waals surface area contributed by atoms with E-state index in [4.69, 9.17) is 0 Å². The number of nitrogens with one attached hydrogen (secondary N) is 1. The summed E-state index contributed by atoms with van der Waals surface area (Å²) >= 11 is 0. The van der Waals surface area contributed by atoms with Gasteiger partial charge in [0.05, 0.1) is 0 Å². The summed E-state index contributed by atoms with van der Waals surface area (Å²) in [5.74, 6) is 0.494. The highest BCUT2D eigenvalue weighted by Gasteiger charge is 2.17. The predicted molar refractivity (Wildman–Crippen MR) is 75.1 cm³/mol. The summed E-state index contributed by atoms with van der Waals surface area (Å²) in [6, 6.07) is 0.338. The van der Waals surface area contributed by atoms with Crippen LogP contribution in [0.5, 0.6) is 0 Å². The van der Waals surface area contributed by atoms with E-state index in [2.05, 4.69) is 33.0 Å². The van der Waals surface area contributed by atoms with Crippen LogP contribution in [-0.2, 0) is 4.79 Å². The van der Waals surface area contributed by atoms with E-state index in [9.17, 15) is 4.79 Å². The molecule has 0 aliphatic heterocycles. The lowest BCUT2D eigenvalue weighted by Crippen LogP contribution is -2.37. The van der Waals surface area contributed by atoms with E-state index >= 15 is 0 Å². The van der Waals surface area contributed by atoms with Gasteiger partial charge in [-0.15, -0.1) is 0 Å². The zero-order valence-corrected chi connectivity index (χ0v) is 12.2. The fourth-order valence-corrected chi connectivity index (χ4v) is 2.10. The molecule has 2 nitrogen and oxygen atoms in total. The Labute approximate surface area is 108 Å². The molecular formula is C15H31NO. The maximum absolute atomic E-state index is 12.0. The predicted octanol–water partition coefficient (Wildman–Crippen LogP) is 4.29. The number of carbonyl (C=O) groups is 1. The van der Waals surface area contributed by atoms with Crippen LogP contribution in [0.2, 0.25) is 0 Å². The molecule has 0 aliphatic rings. The van der Waals surface area contributed by atoms with Crippen LogP contribution in [0.15, 0.2) is 0 Å².